The van der Waals surface area contributed by atoms with E-state index in [4.69, 9.17) is 4.74 Å². The lowest BCUT2D eigenvalue weighted by atomic mass is 9.84. The monoisotopic (exact) mass is 258 g/mol. The Balaban J connectivity index is 3.70. The van der Waals surface area contributed by atoms with Crippen LogP contribution in [-0.2, 0) is 9.53 Å². The molecule has 0 radical (unpaired) electrons. The van der Waals surface area contributed by atoms with E-state index < -0.39 is 11.5 Å². The molecule has 3 nitrogen and oxygen atoms in total. The summed E-state index contributed by atoms with van der Waals surface area (Å²) in [5, 5.41) is 10.0. The predicted molar refractivity (Wildman–Crippen MR) is 74.4 cm³/mol. The fourth-order valence-corrected chi connectivity index (χ4v) is 2.05. The molecule has 18 heavy (non-hydrogen) atoms. The van der Waals surface area contributed by atoms with Crippen molar-refractivity contribution in [3.8, 4) is 0 Å². The quantitative estimate of drug-likeness (QED) is 0.480. The molecule has 0 amide bonds. The van der Waals surface area contributed by atoms with Crippen LogP contribution in [0.2, 0.25) is 0 Å². The number of hydrogen-bond donors (Lipinski definition) is 1. The first-order chi connectivity index (χ1) is 8.46. The van der Waals surface area contributed by atoms with Crippen LogP contribution in [0, 0.1) is 5.41 Å². The number of methoxy groups -OCH3 is 1. The van der Waals surface area contributed by atoms with E-state index in [0.29, 0.717) is 6.42 Å². The van der Waals surface area contributed by atoms with Gasteiger partial charge in [-0.1, -0.05) is 51.9 Å². The first-order valence-corrected chi connectivity index (χ1v) is 7.23. The largest absolute Gasteiger partial charge is 0.469 e. The summed E-state index contributed by atoms with van der Waals surface area (Å²) < 4.78 is 4.71. The van der Waals surface area contributed by atoms with Gasteiger partial charge in [-0.05, 0) is 20.3 Å². The van der Waals surface area contributed by atoms with E-state index in [1.165, 1.54) is 39.2 Å². The molecule has 0 aromatic heterocycles. The summed E-state index contributed by atoms with van der Waals surface area (Å²) in [7, 11) is 1.37. The summed E-state index contributed by atoms with van der Waals surface area (Å²) in [5.74, 6) is -0.335. The van der Waals surface area contributed by atoms with Gasteiger partial charge in [0.2, 0.25) is 0 Å². The highest BCUT2D eigenvalue weighted by Gasteiger charge is 2.36. The molecule has 1 N–H and O–H groups in total. The molecule has 0 rings (SSSR count). The molecule has 0 aliphatic rings. The Labute approximate surface area is 112 Å². The van der Waals surface area contributed by atoms with Crippen molar-refractivity contribution in [2.24, 2.45) is 5.41 Å². The maximum Gasteiger partial charge on any atom is 0.313 e. The molecule has 3 heteroatoms. The number of carbonyl (C=O) groups excluding carboxylic acids is 1. The summed E-state index contributed by atoms with van der Waals surface area (Å²) in [6.45, 7) is 5.70. The van der Waals surface area contributed by atoms with Crippen LogP contribution in [0.4, 0.5) is 0 Å². The number of unbranched alkanes of at least 4 members (excludes halogenated alkanes) is 6. The van der Waals surface area contributed by atoms with Gasteiger partial charge in [-0.25, -0.2) is 0 Å². The van der Waals surface area contributed by atoms with Crippen molar-refractivity contribution in [2.75, 3.05) is 7.11 Å². The average Bonchev–Trinajstić information content (AvgIpc) is 2.36. The van der Waals surface area contributed by atoms with E-state index in [-0.39, 0.29) is 5.97 Å². The first kappa shape index (κ1) is 17.4. The number of esters is 1. The molecule has 1 unspecified atom stereocenters. The molecular weight excluding hydrogens is 228 g/mol. The van der Waals surface area contributed by atoms with Crippen molar-refractivity contribution in [3.63, 3.8) is 0 Å². The van der Waals surface area contributed by atoms with Gasteiger partial charge in [0.25, 0.3) is 0 Å². The molecule has 0 spiro atoms. The second-order valence-electron chi connectivity index (χ2n) is 5.64. The Morgan fingerprint density at radius 3 is 2.11 bits per heavy atom. The zero-order chi connectivity index (χ0) is 14.0. The van der Waals surface area contributed by atoms with E-state index in [0.717, 1.165) is 12.8 Å². The van der Waals surface area contributed by atoms with Gasteiger partial charge in [0.15, 0.2) is 0 Å². The Kier molecular flexibility index (Phi) is 9.08. The second kappa shape index (κ2) is 9.37. The van der Waals surface area contributed by atoms with E-state index in [9.17, 15) is 9.90 Å². The Morgan fingerprint density at radius 1 is 1.11 bits per heavy atom. The number of carbonyl (C=O) groups is 1. The maximum atomic E-state index is 11.5. The summed E-state index contributed by atoms with van der Waals surface area (Å²) in [6, 6.07) is 0. The van der Waals surface area contributed by atoms with E-state index in [1.807, 2.05) is 0 Å². The molecule has 108 valence electrons. The highest BCUT2D eigenvalue weighted by molar-refractivity contribution is 5.76. The minimum atomic E-state index is -0.795. The van der Waals surface area contributed by atoms with Gasteiger partial charge in [0.1, 0.15) is 0 Å². The van der Waals surface area contributed by atoms with Crippen LogP contribution >= 0.6 is 0 Å². The van der Waals surface area contributed by atoms with Crippen molar-refractivity contribution in [1.29, 1.82) is 0 Å². The first-order valence-electron chi connectivity index (χ1n) is 7.23. The standard InChI is InChI=1S/C15H30O3/c1-5-6-7-8-9-10-11-12-13(16)15(2,3)14(17)18-4/h13,16H,5-12H2,1-4H3. The minimum Gasteiger partial charge on any atom is -0.469 e. The fourth-order valence-electron chi connectivity index (χ4n) is 2.05. The van der Waals surface area contributed by atoms with Gasteiger partial charge in [-0.15, -0.1) is 0 Å². The summed E-state index contributed by atoms with van der Waals surface area (Å²) >= 11 is 0. The number of hydrogen-bond acceptors (Lipinski definition) is 3. The molecule has 0 fully saturated rings. The zero-order valence-electron chi connectivity index (χ0n) is 12.5. The van der Waals surface area contributed by atoms with E-state index in [2.05, 4.69) is 6.92 Å². The van der Waals surface area contributed by atoms with Gasteiger partial charge < -0.3 is 9.84 Å². The molecule has 0 aromatic carbocycles. The van der Waals surface area contributed by atoms with Crippen molar-refractivity contribution >= 4 is 5.97 Å². The number of aliphatic hydroxyl groups excluding tert-OH is 1. The van der Waals surface area contributed by atoms with Gasteiger partial charge in [0, 0.05) is 0 Å². The van der Waals surface area contributed by atoms with Crippen LogP contribution in [0.1, 0.15) is 72.1 Å². The lowest BCUT2D eigenvalue weighted by Gasteiger charge is -2.27. The van der Waals surface area contributed by atoms with Crippen LogP contribution in [0.25, 0.3) is 0 Å². The Morgan fingerprint density at radius 2 is 1.61 bits per heavy atom. The Hall–Kier alpha value is -0.570. The van der Waals surface area contributed by atoms with E-state index >= 15 is 0 Å². The summed E-state index contributed by atoms with van der Waals surface area (Å²) in [6.07, 6.45) is 8.59. The van der Waals surface area contributed by atoms with Crippen LogP contribution in [0.3, 0.4) is 0 Å². The molecule has 0 aromatic rings. The highest BCUT2D eigenvalue weighted by atomic mass is 16.5. The molecule has 0 heterocycles. The van der Waals surface area contributed by atoms with Crippen molar-refractivity contribution < 1.29 is 14.6 Å². The van der Waals surface area contributed by atoms with Crippen molar-refractivity contribution in [1.82, 2.24) is 0 Å². The smallest absolute Gasteiger partial charge is 0.313 e. The number of ether oxygens (including phenoxy) is 1. The molecule has 0 saturated heterocycles. The topological polar surface area (TPSA) is 46.5 Å². The SMILES string of the molecule is CCCCCCCCCC(O)C(C)(C)C(=O)OC. The third-order valence-corrected chi connectivity index (χ3v) is 3.63. The lowest BCUT2D eigenvalue weighted by Crippen LogP contribution is -2.38. The van der Waals surface area contributed by atoms with Crippen LogP contribution in [0.15, 0.2) is 0 Å². The number of aliphatic hydroxyl groups is 1. The van der Waals surface area contributed by atoms with Gasteiger partial charge >= 0.3 is 5.97 Å². The predicted octanol–water partition coefficient (Wildman–Crippen LogP) is 3.69. The third kappa shape index (κ3) is 6.39. The van der Waals surface area contributed by atoms with Gasteiger partial charge in [0.05, 0.1) is 18.6 Å². The highest BCUT2D eigenvalue weighted by Crippen LogP contribution is 2.26. The van der Waals surface area contributed by atoms with Crippen molar-refractivity contribution in [3.05, 3.63) is 0 Å². The van der Waals surface area contributed by atoms with Gasteiger partial charge in [-0.2, -0.15) is 0 Å². The average molecular weight is 258 g/mol. The maximum absolute atomic E-state index is 11.5. The van der Waals surface area contributed by atoms with Crippen LogP contribution < -0.4 is 0 Å². The summed E-state index contributed by atoms with van der Waals surface area (Å²) in [5.41, 5.74) is -0.795. The zero-order valence-corrected chi connectivity index (χ0v) is 12.5. The lowest BCUT2D eigenvalue weighted by molar-refractivity contribution is -0.157. The van der Waals surface area contributed by atoms with Crippen LogP contribution in [-0.4, -0.2) is 24.3 Å². The molecule has 0 bridgehead atoms. The second-order valence-corrected chi connectivity index (χ2v) is 5.64. The third-order valence-electron chi connectivity index (χ3n) is 3.63. The van der Waals surface area contributed by atoms with E-state index in [1.54, 1.807) is 13.8 Å². The fraction of sp³-hybridized carbons (Fsp3) is 0.933. The van der Waals surface area contributed by atoms with Gasteiger partial charge in [-0.3, -0.25) is 4.79 Å². The number of rotatable bonds is 10. The molecule has 0 aliphatic carbocycles. The molecular formula is C15H30O3. The molecule has 1 atom stereocenters. The van der Waals surface area contributed by atoms with Crippen molar-refractivity contribution in [2.45, 2.75) is 78.2 Å². The molecule has 0 saturated carbocycles. The Bertz CT molecular complexity index is 224. The minimum absolute atomic E-state index is 0.335. The van der Waals surface area contributed by atoms with Crippen LogP contribution in [0.5, 0.6) is 0 Å². The normalized spacial score (nSPS) is 13.4. The molecule has 0 aliphatic heterocycles. The summed E-state index contributed by atoms with van der Waals surface area (Å²) in [4.78, 5) is 11.5.